The second kappa shape index (κ2) is 14.1. The summed E-state index contributed by atoms with van der Waals surface area (Å²) in [6.07, 6.45) is 1.73. The Morgan fingerprint density at radius 3 is 2.54 bits per heavy atom. The van der Waals surface area contributed by atoms with E-state index in [9.17, 15) is 14.4 Å². The molecule has 1 aliphatic rings. The van der Waals surface area contributed by atoms with E-state index in [1.165, 1.54) is 23.0 Å². The third-order valence-corrected chi connectivity index (χ3v) is 8.15. The minimum atomic E-state index is -0.909. The van der Waals surface area contributed by atoms with Crippen molar-refractivity contribution < 1.29 is 33.3 Å². The maximum Gasteiger partial charge on any atom is 0.343 e. The fourth-order valence-corrected chi connectivity index (χ4v) is 6.20. The number of hydrogen-bond acceptors (Lipinski definition) is 11. The standard InChI is InChI=1S/C34H31N3O8S/c1-5-42-27-17-22(12-14-26(27)45-19-29(38)41-4)31-30(33(40)43-6-2)20(3)36-34-37(31)32(39)28(46-34)18-24-23-10-8-7-9-21(23)11-13-25(24)44-16-15-35/h7-14,17-18,31H,5-6,16,19H2,1-4H3/b28-18+/t31-/m0/s1. The van der Waals surface area contributed by atoms with Crippen LogP contribution in [0.5, 0.6) is 17.2 Å². The number of carbonyl (C=O) groups is 2. The largest absolute Gasteiger partial charge is 0.490 e. The van der Waals surface area contributed by atoms with E-state index in [2.05, 4.69) is 9.73 Å². The van der Waals surface area contributed by atoms with Gasteiger partial charge in [0.1, 0.15) is 11.8 Å². The summed E-state index contributed by atoms with van der Waals surface area (Å²) >= 11 is 1.17. The Hall–Kier alpha value is -5.41. The molecule has 0 amide bonds. The summed E-state index contributed by atoms with van der Waals surface area (Å²) < 4.78 is 29.1. The van der Waals surface area contributed by atoms with Crippen molar-refractivity contribution in [2.45, 2.75) is 26.8 Å². The van der Waals surface area contributed by atoms with Crippen molar-refractivity contribution in [1.82, 2.24) is 4.57 Å². The fourth-order valence-electron chi connectivity index (χ4n) is 5.18. The molecule has 0 fully saturated rings. The van der Waals surface area contributed by atoms with E-state index in [0.717, 1.165) is 10.8 Å². The first kappa shape index (κ1) is 32.0. The van der Waals surface area contributed by atoms with Gasteiger partial charge in [0.25, 0.3) is 5.56 Å². The first-order valence-corrected chi connectivity index (χ1v) is 15.3. The van der Waals surface area contributed by atoms with Gasteiger partial charge in [0.2, 0.25) is 0 Å². The molecule has 46 heavy (non-hydrogen) atoms. The number of rotatable bonds is 11. The predicted octanol–water partition coefficient (Wildman–Crippen LogP) is 3.80. The summed E-state index contributed by atoms with van der Waals surface area (Å²) in [5.74, 6) is -0.0982. The Labute approximate surface area is 268 Å². The predicted molar refractivity (Wildman–Crippen MR) is 171 cm³/mol. The maximum atomic E-state index is 14.3. The molecule has 12 heteroatoms. The quantitative estimate of drug-likeness (QED) is 0.224. The number of hydrogen-bond donors (Lipinski definition) is 0. The van der Waals surface area contributed by atoms with Crippen molar-refractivity contribution in [3.05, 3.63) is 96.7 Å². The molecule has 1 atom stereocenters. The summed E-state index contributed by atoms with van der Waals surface area (Å²) in [5.41, 5.74) is 1.41. The van der Waals surface area contributed by atoms with Crippen LogP contribution < -0.4 is 29.1 Å². The molecule has 0 unspecified atom stereocenters. The molecule has 3 aromatic carbocycles. The summed E-state index contributed by atoms with van der Waals surface area (Å²) in [7, 11) is 1.26. The van der Waals surface area contributed by atoms with Crippen LogP contribution in [0.3, 0.4) is 0 Å². The summed E-state index contributed by atoms with van der Waals surface area (Å²) in [6.45, 7) is 5.14. The molecular weight excluding hydrogens is 610 g/mol. The number of carbonyl (C=O) groups excluding carboxylic acids is 2. The van der Waals surface area contributed by atoms with E-state index in [1.54, 1.807) is 51.1 Å². The minimum Gasteiger partial charge on any atom is -0.490 e. The molecular formula is C34H31N3O8S. The number of allylic oxidation sites excluding steroid dienone is 1. The molecule has 236 valence electrons. The summed E-state index contributed by atoms with van der Waals surface area (Å²) in [6, 6.07) is 17.4. The topological polar surface area (TPSA) is 138 Å². The Morgan fingerprint density at radius 1 is 1.02 bits per heavy atom. The van der Waals surface area contributed by atoms with Crippen LogP contribution in [0, 0.1) is 11.3 Å². The zero-order valence-electron chi connectivity index (χ0n) is 25.7. The molecule has 0 aliphatic carbocycles. The van der Waals surface area contributed by atoms with Crippen molar-refractivity contribution >= 4 is 40.1 Å². The van der Waals surface area contributed by atoms with Crippen molar-refractivity contribution in [3.63, 3.8) is 0 Å². The molecule has 0 spiro atoms. The molecule has 0 N–H and O–H groups in total. The lowest BCUT2D eigenvalue weighted by atomic mass is 9.95. The second-order valence-electron chi connectivity index (χ2n) is 9.95. The number of fused-ring (bicyclic) bond motifs is 2. The zero-order chi connectivity index (χ0) is 32.8. The Bertz CT molecular complexity index is 2070. The van der Waals surface area contributed by atoms with Crippen molar-refractivity contribution in [2.75, 3.05) is 33.5 Å². The highest BCUT2D eigenvalue weighted by Gasteiger charge is 2.34. The lowest BCUT2D eigenvalue weighted by molar-refractivity contribution is -0.143. The highest BCUT2D eigenvalue weighted by molar-refractivity contribution is 7.07. The van der Waals surface area contributed by atoms with Gasteiger partial charge in [0, 0.05) is 5.56 Å². The minimum absolute atomic E-state index is 0.129. The van der Waals surface area contributed by atoms with Crippen molar-refractivity contribution in [1.29, 1.82) is 5.26 Å². The number of aromatic nitrogens is 1. The van der Waals surface area contributed by atoms with Crippen LogP contribution in [0.2, 0.25) is 0 Å². The first-order chi connectivity index (χ1) is 22.3. The van der Waals surface area contributed by atoms with Gasteiger partial charge in [0.05, 0.1) is 42.2 Å². The van der Waals surface area contributed by atoms with Gasteiger partial charge in [-0.1, -0.05) is 47.7 Å². The molecule has 0 radical (unpaired) electrons. The fraction of sp³-hybridized carbons (Fsp3) is 0.265. The molecule has 0 saturated carbocycles. The zero-order valence-corrected chi connectivity index (χ0v) is 26.5. The average Bonchev–Trinajstić information content (AvgIpc) is 3.36. The van der Waals surface area contributed by atoms with Crippen LogP contribution in [-0.4, -0.2) is 50.0 Å². The third kappa shape index (κ3) is 6.36. The van der Waals surface area contributed by atoms with Gasteiger partial charge >= 0.3 is 11.9 Å². The van der Waals surface area contributed by atoms with E-state index < -0.39 is 18.0 Å². The molecule has 0 bridgehead atoms. The number of esters is 2. The highest BCUT2D eigenvalue weighted by atomic mass is 32.1. The Morgan fingerprint density at radius 2 is 1.80 bits per heavy atom. The van der Waals surface area contributed by atoms with E-state index in [1.807, 2.05) is 36.4 Å². The number of ether oxygens (including phenoxy) is 5. The van der Waals surface area contributed by atoms with Gasteiger partial charge in [-0.2, -0.15) is 5.26 Å². The number of nitriles is 1. The molecule has 5 rings (SSSR count). The first-order valence-electron chi connectivity index (χ1n) is 14.5. The second-order valence-corrected chi connectivity index (χ2v) is 11.0. The van der Waals surface area contributed by atoms with Crippen LogP contribution in [0.15, 0.2) is 75.7 Å². The van der Waals surface area contributed by atoms with Gasteiger partial charge < -0.3 is 23.7 Å². The number of methoxy groups -OCH3 is 1. The van der Waals surface area contributed by atoms with Crippen LogP contribution >= 0.6 is 11.3 Å². The monoisotopic (exact) mass is 641 g/mol. The summed E-state index contributed by atoms with van der Waals surface area (Å²) in [5, 5.41) is 10.9. The molecule has 11 nitrogen and oxygen atoms in total. The SMILES string of the molecule is CCOC(=O)C1=C(C)N=c2s/c(=C/c3c(OCC#N)ccc4ccccc34)c(=O)n2[C@H]1c1ccc(OCC(=O)OC)c(OCC)c1. The average molecular weight is 642 g/mol. The van der Waals surface area contributed by atoms with Gasteiger partial charge in [-0.05, 0) is 61.4 Å². The number of nitrogens with zero attached hydrogens (tertiary/aromatic N) is 3. The number of thiazole rings is 1. The normalized spacial score (nSPS) is 14.2. The molecule has 0 saturated heterocycles. The molecule has 2 heterocycles. The molecule has 4 aromatic rings. The van der Waals surface area contributed by atoms with E-state index in [0.29, 0.717) is 50.0 Å². The molecule has 1 aromatic heterocycles. The lowest BCUT2D eigenvalue weighted by Gasteiger charge is -2.25. The Kier molecular flexibility index (Phi) is 9.83. The van der Waals surface area contributed by atoms with E-state index in [-0.39, 0.29) is 31.0 Å². The van der Waals surface area contributed by atoms with Crippen molar-refractivity contribution in [3.8, 4) is 23.3 Å². The van der Waals surface area contributed by atoms with Crippen LogP contribution in [0.25, 0.3) is 16.8 Å². The smallest absolute Gasteiger partial charge is 0.343 e. The van der Waals surface area contributed by atoms with Gasteiger partial charge in [0.15, 0.2) is 29.5 Å². The maximum absolute atomic E-state index is 14.3. The van der Waals surface area contributed by atoms with Gasteiger partial charge in [-0.3, -0.25) is 9.36 Å². The molecule has 1 aliphatic heterocycles. The van der Waals surface area contributed by atoms with E-state index in [4.69, 9.17) is 24.2 Å². The van der Waals surface area contributed by atoms with E-state index >= 15 is 0 Å². The lowest BCUT2D eigenvalue weighted by Crippen LogP contribution is -2.40. The number of benzene rings is 3. The highest BCUT2D eigenvalue weighted by Crippen LogP contribution is 2.36. The van der Waals surface area contributed by atoms with Gasteiger partial charge in [-0.25, -0.2) is 14.6 Å². The third-order valence-electron chi connectivity index (χ3n) is 7.17. The van der Waals surface area contributed by atoms with Crippen LogP contribution in [0.4, 0.5) is 0 Å². The Balaban J connectivity index is 1.72. The summed E-state index contributed by atoms with van der Waals surface area (Å²) in [4.78, 5) is 44.4. The van der Waals surface area contributed by atoms with Crippen molar-refractivity contribution in [2.24, 2.45) is 4.99 Å². The van der Waals surface area contributed by atoms with Gasteiger partial charge in [-0.15, -0.1) is 0 Å². The van der Waals surface area contributed by atoms with Crippen LogP contribution in [0.1, 0.15) is 37.9 Å². The van der Waals surface area contributed by atoms with Crippen LogP contribution in [-0.2, 0) is 19.1 Å².